The van der Waals surface area contributed by atoms with Gasteiger partial charge in [0.1, 0.15) is 0 Å². The fourth-order valence-electron chi connectivity index (χ4n) is 2.79. The van der Waals surface area contributed by atoms with Crippen LogP contribution in [0.1, 0.15) is 18.2 Å². The summed E-state index contributed by atoms with van der Waals surface area (Å²) in [7, 11) is -1.43. The second kappa shape index (κ2) is 5.83. The second-order valence-corrected chi connectivity index (χ2v) is 5.45. The first-order chi connectivity index (χ1) is 10.6. The zero-order valence-electron chi connectivity index (χ0n) is 12.7. The largest absolute Gasteiger partial charge is 0.483 e. The van der Waals surface area contributed by atoms with Gasteiger partial charge in [0.25, 0.3) is 0 Å². The van der Waals surface area contributed by atoms with Crippen molar-refractivity contribution in [1.29, 1.82) is 0 Å². The van der Waals surface area contributed by atoms with Gasteiger partial charge in [-0.2, -0.15) is 0 Å². The zero-order valence-corrected chi connectivity index (χ0v) is 12.7. The maximum atomic E-state index is 9.35. The van der Waals surface area contributed by atoms with E-state index in [0.29, 0.717) is 5.47 Å². The van der Waals surface area contributed by atoms with E-state index in [1.807, 2.05) is 36.4 Å². The van der Waals surface area contributed by atoms with Crippen molar-refractivity contribution in [2.75, 3.05) is 0 Å². The number of benzene rings is 2. The molecule has 0 radical (unpaired) electrons. The Balaban J connectivity index is 2.32. The summed E-state index contributed by atoms with van der Waals surface area (Å²) in [5.74, 6) is 0. The van der Waals surface area contributed by atoms with Gasteiger partial charge >= 0.3 is 7.12 Å². The number of aromatic nitrogens is 1. The van der Waals surface area contributed by atoms with Gasteiger partial charge in [0.05, 0.1) is 5.52 Å². The van der Waals surface area contributed by atoms with E-state index >= 15 is 0 Å². The highest BCUT2D eigenvalue weighted by atomic mass is 16.4. The average molecular weight is 291 g/mol. The first kappa shape index (κ1) is 14.6. The molecule has 4 heteroatoms. The summed E-state index contributed by atoms with van der Waals surface area (Å²) >= 11 is 0. The van der Waals surface area contributed by atoms with Crippen molar-refractivity contribution < 1.29 is 10.0 Å². The third-order valence-corrected chi connectivity index (χ3v) is 3.95. The molecular formula is C18H18BNO2. The van der Waals surface area contributed by atoms with Crippen LogP contribution in [0.5, 0.6) is 0 Å². The molecule has 0 aliphatic rings. The Bertz CT molecular complexity index is 835. The first-order valence-corrected chi connectivity index (χ1v) is 7.29. The molecule has 0 fully saturated rings. The Morgan fingerprint density at radius 3 is 2.32 bits per heavy atom. The molecule has 0 saturated heterocycles. The van der Waals surface area contributed by atoms with Crippen LogP contribution in [0.25, 0.3) is 22.7 Å². The van der Waals surface area contributed by atoms with Gasteiger partial charge < -0.3 is 14.6 Å². The summed E-state index contributed by atoms with van der Waals surface area (Å²) in [6.45, 7) is 3.77. The minimum Gasteiger partial charge on any atom is -0.423 e. The summed E-state index contributed by atoms with van der Waals surface area (Å²) in [6, 6.07) is 18.3. The lowest BCUT2D eigenvalue weighted by Gasteiger charge is -2.08. The van der Waals surface area contributed by atoms with Gasteiger partial charge in [-0.15, -0.1) is 0 Å². The summed E-state index contributed by atoms with van der Waals surface area (Å²) in [5.41, 5.74) is 4.83. The summed E-state index contributed by atoms with van der Waals surface area (Å²) < 4.78 is 2.19. The molecule has 0 aliphatic heterocycles. The fraction of sp³-hybridized carbons (Fsp3) is 0.111. The molecule has 1 heterocycles. The smallest absolute Gasteiger partial charge is 0.423 e. The molecule has 0 saturated carbocycles. The van der Waals surface area contributed by atoms with Gasteiger partial charge in [-0.25, -0.2) is 0 Å². The van der Waals surface area contributed by atoms with Crippen LogP contribution in [-0.2, 0) is 0 Å². The van der Waals surface area contributed by atoms with Crippen molar-refractivity contribution in [3.63, 3.8) is 0 Å². The Morgan fingerprint density at radius 2 is 1.64 bits per heavy atom. The van der Waals surface area contributed by atoms with Crippen LogP contribution >= 0.6 is 0 Å². The normalized spacial score (nSPS) is 11.9. The molecule has 3 rings (SSSR count). The van der Waals surface area contributed by atoms with Crippen molar-refractivity contribution in [2.24, 2.45) is 0 Å². The van der Waals surface area contributed by atoms with Gasteiger partial charge in [0, 0.05) is 22.3 Å². The highest BCUT2D eigenvalue weighted by Gasteiger charge is 2.16. The molecular weight excluding hydrogens is 273 g/mol. The predicted octanol–water partition coefficient (Wildman–Crippen LogP) is 3.35. The molecule has 110 valence electrons. The van der Waals surface area contributed by atoms with Crippen molar-refractivity contribution in [1.82, 2.24) is 4.57 Å². The topological polar surface area (TPSA) is 45.4 Å². The third kappa shape index (κ3) is 2.47. The molecule has 3 aromatic rings. The van der Waals surface area contributed by atoms with E-state index in [-0.39, 0.29) is 0 Å². The van der Waals surface area contributed by atoms with Crippen LogP contribution in [0.2, 0.25) is 0 Å². The molecule has 0 bridgehead atoms. The molecule has 0 spiro atoms. The Labute approximate surface area is 130 Å². The molecule has 0 aliphatic carbocycles. The molecule has 0 unspecified atom stereocenters. The molecule has 0 amide bonds. The van der Waals surface area contributed by atoms with E-state index in [1.54, 1.807) is 6.92 Å². The van der Waals surface area contributed by atoms with Crippen LogP contribution in [0, 0.1) is 6.92 Å². The van der Waals surface area contributed by atoms with Crippen LogP contribution in [0.4, 0.5) is 0 Å². The van der Waals surface area contributed by atoms with Crippen molar-refractivity contribution in [2.45, 2.75) is 13.8 Å². The SMILES string of the molecule is C/C(=C\c1c(C)n(-c2ccccc2)c2ccccc12)B(O)O. The quantitative estimate of drug-likeness (QED) is 0.727. The summed E-state index contributed by atoms with van der Waals surface area (Å²) in [6.07, 6.45) is 1.85. The van der Waals surface area contributed by atoms with E-state index < -0.39 is 7.12 Å². The molecule has 22 heavy (non-hydrogen) atoms. The van der Waals surface area contributed by atoms with E-state index in [4.69, 9.17) is 0 Å². The number of para-hydroxylation sites is 2. The fourth-order valence-corrected chi connectivity index (χ4v) is 2.79. The lowest BCUT2D eigenvalue weighted by atomic mass is 9.79. The first-order valence-electron chi connectivity index (χ1n) is 7.29. The maximum Gasteiger partial charge on any atom is 0.483 e. The standard InChI is InChI=1S/C18H18BNO2/c1-13(19(21)22)12-17-14(2)20(15-8-4-3-5-9-15)18-11-7-6-10-16(17)18/h3-12,21-22H,1-2H3/b13-12+. The Morgan fingerprint density at radius 1 is 1.00 bits per heavy atom. The van der Waals surface area contributed by atoms with Crippen molar-refractivity contribution >= 4 is 24.1 Å². The van der Waals surface area contributed by atoms with Gasteiger partial charge in [0.15, 0.2) is 0 Å². The van der Waals surface area contributed by atoms with Crippen molar-refractivity contribution in [3.05, 3.63) is 71.3 Å². The number of nitrogens with zero attached hydrogens (tertiary/aromatic N) is 1. The monoisotopic (exact) mass is 291 g/mol. The highest BCUT2D eigenvalue weighted by molar-refractivity contribution is 6.51. The molecule has 2 aromatic carbocycles. The molecule has 2 N–H and O–H groups in total. The van der Waals surface area contributed by atoms with E-state index in [9.17, 15) is 10.0 Å². The van der Waals surface area contributed by atoms with Crippen LogP contribution < -0.4 is 0 Å². The number of hydrogen-bond acceptors (Lipinski definition) is 2. The number of rotatable bonds is 3. The van der Waals surface area contributed by atoms with E-state index in [1.165, 1.54) is 0 Å². The number of hydrogen-bond donors (Lipinski definition) is 2. The maximum absolute atomic E-state index is 9.35. The lowest BCUT2D eigenvalue weighted by Crippen LogP contribution is -2.12. The van der Waals surface area contributed by atoms with Gasteiger partial charge in [-0.1, -0.05) is 42.5 Å². The summed E-state index contributed by atoms with van der Waals surface area (Å²) in [4.78, 5) is 0. The lowest BCUT2D eigenvalue weighted by molar-refractivity contribution is 0.419. The third-order valence-electron chi connectivity index (χ3n) is 3.95. The number of allylic oxidation sites excluding steroid dienone is 1. The average Bonchev–Trinajstić information content (AvgIpc) is 2.80. The molecule has 3 nitrogen and oxygen atoms in total. The Kier molecular flexibility index (Phi) is 3.88. The minimum absolute atomic E-state index is 0.527. The van der Waals surface area contributed by atoms with E-state index in [0.717, 1.165) is 27.8 Å². The van der Waals surface area contributed by atoms with Crippen LogP contribution in [0.3, 0.4) is 0 Å². The molecule has 0 atom stereocenters. The van der Waals surface area contributed by atoms with Crippen LogP contribution in [0.15, 0.2) is 60.1 Å². The van der Waals surface area contributed by atoms with Gasteiger partial charge in [0.2, 0.25) is 0 Å². The van der Waals surface area contributed by atoms with Gasteiger partial charge in [-0.3, -0.25) is 0 Å². The minimum atomic E-state index is -1.43. The zero-order chi connectivity index (χ0) is 15.7. The van der Waals surface area contributed by atoms with E-state index in [2.05, 4.69) is 35.8 Å². The van der Waals surface area contributed by atoms with Gasteiger partial charge in [-0.05, 0) is 37.5 Å². The highest BCUT2D eigenvalue weighted by Crippen LogP contribution is 2.30. The predicted molar refractivity (Wildman–Crippen MR) is 91.9 cm³/mol. The second-order valence-electron chi connectivity index (χ2n) is 5.45. The Hall–Kier alpha value is -2.30. The van der Waals surface area contributed by atoms with Crippen molar-refractivity contribution in [3.8, 4) is 5.69 Å². The number of fused-ring (bicyclic) bond motifs is 1. The molecule has 1 aromatic heterocycles. The van der Waals surface area contributed by atoms with Crippen LogP contribution in [-0.4, -0.2) is 21.7 Å². The summed E-state index contributed by atoms with van der Waals surface area (Å²) in [5, 5.41) is 19.8.